The Hall–Kier alpha value is -0.330. The lowest BCUT2D eigenvalue weighted by Crippen LogP contribution is -2.38. The Kier molecular flexibility index (Phi) is 4.82. The molecule has 0 spiro atoms. The molecule has 1 rings (SSSR count). The van der Waals surface area contributed by atoms with Gasteiger partial charge in [-0.05, 0) is 47.7 Å². The van der Waals surface area contributed by atoms with E-state index >= 15 is 0 Å². The smallest absolute Gasteiger partial charge is 0.252 e. The van der Waals surface area contributed by atoms with Crippen LogP contribution in [0.2, 0.25) is 5.02 Å². The number of rotatable bonds is 3. The first kappa shape index (κ1) is 12.7. The van der Waals surface area contributed by atoms with Crippen LogP contribution in [0, 0.1) is 3.57 Å². The van der Waals surface area contributed by atoms with Gasteiger partial charge in [-0.2, -0.15) is 0 Å². The highest BCUT2D eigenvalue weighted by atomic mass is 127. The molecule has 0 radical (unpaired) electrons. The van der Waals surface area contributed by atoms with Crippen molar-refractivity contribution in [2.45, 2.75) is 13.0 Å². The van der Waals surface area contributed by atoms with Crippen molar-refractivity contribution in [1.29, 1.82) is 0 Å². The van der Waals surface area contributed by atoms with Gasteiger partial charge in [0.05, 0.1) is 5.56 Å². The Morgan fingerprint density at radius 3 is 2.93 bits per heavy atom. The highest BCUT2D eigenvalue weighted by Crippen LogP contribution is 2.17. The number of carbonyl (C=O) groups is 1. The van der Waals surface area contributed by atoms with Crippen LogP contribution in [0.25, 0.3) is 0 Å². The summed E-state index contributed by atoms with van der Waals surface area (Å²) in [5, 5.41) is 3.34. The molecule has 5 heteroatoms. The molecule has 0 bridgehead atoms. The van der Waals surface area contributed by atoms with Crippen molar-refractivity contribution in [2.75, 3.05) is 6.54 Å². The Bertz CT molecular complexity index is 370. The Labute approximate surface area is 108 Å². The molecule has 0 aliphatic rings. The maximum atomic E-state index is 11.8. The second-order valence-corrected chi connectivity index (χ2v) is 4.83. The molecule has 1 unspecified atom stereocenters. The minimum absolute atomic E-state index is 0.0349. The molecule has 1 amide bonds. The van der Waals surface area contributed by atoms with Gasteiger partial charge in [0.25, 0.3) is 5.91 Å². The molecule has 3 nitrogen and oxygen atoms in total. The van der Waals surface area contributed by atoms with Crippen molar-refractivity contribution >= 4 is 40.1 Å². The normalized spacial score (nSPS) is 12.3. The number of nitrogens with one attached hydrogen (secondary N) is 1. The largest absolute Gasteiger partial charge is 0.348 e. The third kappa shape index (κ3) is 3.62. The first-order valence-electron chi connectivity index (χ1n) is 4.50. The fourth-order valence-corrected chi connectivity index (χ4v) is 1.78. The van der Waals surface area contributed by atoms with Crippen molar-refractivity contribution in [3.8, 4) is 0 Å². The van der Waals surface area contributed by atoms with E-state index in [0.29, 0.717) is 17.1 Å². The second-order valence-electron chi connectivity index (χ2n) is 3.23. The van der Waals surface area contributed by atoms with Crippen molar-refractivity contribution in [2.24, 2.45) is 5.73 Å². The van der Waals surface area contributed by atoms with Crippen LogP contribution in [0.15, 0.2) is 18.2 Å². The lowest BCUT2D eigenvalue weighted by molar-refractivity contribution is 0.0940. The summed E-state index contributed by atoms with van der Waals surface area (Å²) >= 11 is 7.92. The third-order valence-corrected chi connectivity index (χ3v) is 3.08. The summed E-state index contributed by atoms with van der Waals surface area (Å²) in [4.78, 5) is 11.8. The van der Waals surface area contributed by atoms with Gasteiger partial charge in [0, 0.05) is 21.2 Å². The van der Waals surface area contributed by atoms with Crippen LogP contribution in [0.4, 0.5) is 0 Å². The Morgan fingerprint density at radius 1 is 1.67 bits per heavy atom. The van der Waals surface area contributed by atoms with Crippen LogP contribution < -0.4 is 11.1 Å². The predicted molar refractivity (Wildman–Crippen MR) is 70.2 cm³/mol. The van der Waals surface area contributed by atoms with E-state index in [1.165, 1.54) is 0 Å². The van der Waals surface area contributed by atoms with E-state index in [1.807, 2.05) is 13.0 Å². The van der Waals surface area contributed by atoms with Crippen LogP contribution in [-0.4, -0.2) is 18.5 Å². The monoisotopic (exact) mass is 338 g/mol. The Balaban J connectivity index is 2.86. The number of amides is 1. The van der Waals surface area contributed by atoms with Crippen molar-refractivity contribution in [3.63, 3.8) is 0 Å². The van der Waals surface area contributed by atoms with Crippen LogP contribution in [0.1, 0.15) is 17.3 Å². The maximum absolute atomic E-state index is 11.8. The molecule has 1 aromatic carbocycles. The molecule has 0 heterocycles. The molecular weight excluding hydrogens is 326 g/mol. The third-order valence-electron chi connectivity index (χ3n) is 1.90. The minimum Gasteiger partial charge on any atom is -0.348 e. The number of carbonyl (C=O) groups excluding carboxylic acids is 1. The fraction of sp³-hybridized carbons (Fsp3) is 0.300. The van der Waals surface area contributed by atoms with Gasteiger partial charge < -0.3 is 11.1 Å². The maximum Gasteiger partial charge on any atom is 0.252 e. The molecule has 0 aliphatic heterocycles. The van der Waals surface area contributed by atoms with Gasteiger partial charge in [0.1, 0.15) is 0 Å². The topological polar surface area (TPSA) is 55.1 Å². The summed E-state index contributed by atoms with van der Waals surface area (Å²) in [6, 6.07) is 5.19. The van der Waals surface area contributed by atoms with Crippen LogP contribution >= 0.6 is 34.2 Å². The fourth-order valence-electron chi connectivity index (χ4n) is 1.03. The highest BCUT2D eigenvalue weighted by Gasteiger charge is 2.12. The average Bonchev–Trinajstić information content (AvgIpc) is 2.21. The van der Waals surface area contributed by atoms with Gasteiger partial charge in [-0.1, -0.05) is 11.6 Å². The zero-order valence-electron chi connectivity index (χ0n) is 8.26. The summed E-state index contributed by atoms with van der Waals surface area (Å²) in [5.41, 5.74) is 6.01. The SMILES string of the molecule is CC(CN)NC(=O)c1cc(Cl)ccc1I. The molecule has 0 aliphatic carbocycles. The van der Waals surface area contributed by atoms with Gasteiger partial charge in [-0.3, -0.25) is 4.79 Å². The van der Waals surface area contributed by atoms with E-state index in [0.717, 1.165) is 3.57 Å². The van der Waals surface area contributed by atoms with E-state index in [2.05, 4.69) is 27.9 Å². The molecule has 15 heavy (non-hydrogen) atoms. The average molecular weight is 339 g/mol. The number of nitrogens with two attached hydrogens (primary N) is 1. The summed E-state index contributed by atoms with van der Waals surface area (Å²) in [6.45, 7) is 2.28. The van der Waals surface area contributed by atoms with Gasteiger partial charge in [-0.15, -0.1) is 0 Å². The summed E-state index contributed by atoms with van der Waals surface area (Å²) in [5.74, 6) is -0.139. The van der Waals surface area contributed by atoms with Crippen molar-refractivity contribution in [1.82, 2.24) is 5.32 Å². The van der Waals surface area contributed by atoms with Crippen molar-refractivity contribution in [3.05, 3.63) is 32.4 Å². The van der Waals surface area contributed by atoms with E-state index in [-0.39, 0.29) is 11.9 Å². The Morgan fingerprint density at radius 2 is 2.33 bits per heavy atom. The first-order chi connectivity index (χ1) is 7.04. The molecule has 0 saturated heterocycles. The van der Waals surface area contributed by atoms with E-state index < -0.39 is 0 Å². The molecule has 0 saturated carbocycles. The zero-order valence-corrected chi connectivity index (χ0v) is 11.2. The van der Waals surface area contributed by atoms with E-state index in [1.54, 1.807) is 12.1 Å². The molecule has 0 aromatic heterocycles. The molecular formula is C10H12ClIN2O. The molecule has 0 fully saturated rings. The lowest BCUT2D eigenvalue weighted by atomic mass is 10.2. The van der Waals surface area contributed by atoms with Gasteiger partial charge in [0.15, 0.2) is 0 Å². The van der Waals surface area contributed by atoms with Gasteiger partial charge >= 0.3 is 0 Å². The number of benzene rings is 1. The molecule has 1 atom stereocenters. The van der Waals surface area contributed by atoms with E-state index in [4.69, 9.17) is 17.3 Å². The predicted octanol–water partition coefficient (Wildman–Crippen LogP) is 2.02. The minimum atomic E-state index is -0.139. The zero-order chi connectivity index (χ0) is 11.4. The molecule has 1 aromatic rings. The number of hydrogen-bond donors (Lipinski definition) is 2. The summed E-state index contributed by atoms with van der Waals surface area (Å²) < 4.78 is 0.874. The number of hydrogen-bond acceptors (Lipinski definition) is 2. The highest BCUT2D eigenvalue weighted by molar-refractivity contribution is 14.1. The van der Waals surface area contributed by atoms with Crippen LogP contribution in [0.5, 0.6) is 0 Å². The number of halogens is 2. The van der Waals surface area contributed by atoms with Gasteiger partial charge in [0.2, 0.25) is 0 Å². The van der Waals surface area contributed by atoms with Crippen LogP contribution in [-0.2, 0) is 0 Å². The van der Waals surface area contributed by atoms with E-state index in [9.17, 15) is 4.79 Å². The molecule has 82 valence electrons. The first-order valence-corrected chi connectivity index (χ1v) is 5.96. The van der Waals surface area contributed by atoms with Crippen molar-refractivity contribution < 1.29 is 4.79 Å². The summed E-state index contributed by atoms with van der Waals surface area (Å²) in [7, 11) is 0. The van der Waals surface area contributed by atoms with Crippen LogP contribution in [0.3, 0.4) is 0 Å². The second kappa shape index (κ2) is 5.67. The quantitative estimate of drug-likeness (QED) is 0.829. The van der Waals surface area contributed by atoms with Gasteiger partial charge in [-0.25, -0.2) is 0 Å². The molecule has 3 N–H and O–H groups in total. The standard InChI is InChI=1S/C10H12ClIN2O/c1-6(5-13)14-10(15)8-4-7(11)2-3-9(8)12/h2-4,6H,5,13H2,1H3,(H,14,15). The summed E-state index contributed by atoms with van der Waals surface area (Å²) in [6.07, 6.45) is 0. The lowest BCUT2D eigenvalue weighted by Gasteiger charge is -2.12.